The second-order valence-electron chi connectivity index (χ2n) is 5.33. The lowest BCUT2D eigenvalue weighted by Crippen LogP contribution is -2.39. The Bertz CT molecular complexity index is 583. The van der Waals surface area contributed by atoms with E-state index in [1.54, 1.807) is 12.4 Å². The van der Waals surface area contributed by atoms with Crippen LogP contribution in [0.5, 0.6) is 0 Å². The van der Waals surface area contributed by atoms with Crippen LogP contribution in [0.1, 0.15) is 31.4 Å². The van der Waals surface area contributed by atoms with Crippen LogP contribution in [0.25, 0.3) is 5.78 Å². The zero-order valence-electron chi connectivity index (χ0n) is 9.99. The predicted octanol–water partition coefficient (Wildman–Crippen LogP) is 1.26. The molecule has 2 atom stereocenters. The fourth-order valence-electron chi connectivity index (χ4n) is 3.30. The normalized spacial score (nSPS) is 35.2. The summed E-state index contributed by atoms with van der Waals surface area (Å²) >= 11 is 0. The maximum Gasteiger partial charge on any atom is 0.233 e. The van der Waals surface area contributed by atoms with Gasteiger partial charge in [0.25, 0.3) is 0 Å². The number of hydrogen-bond acceptors (Lipinski definition) is 4. The van der Waals surface area contributed by atoms with Gasteiger partial charge in [0.1, 0.15) is 5.60 Å². The van der Waals surface area contributed by atoms with Gasteiger partial charge in [0.2, 0.25) is 5.78 Å². The SMILES string of the molecule is OC1(c2cnc3ncccn23)CC2CCC(C1)O2. The minimum Gasteiger partial charge on any atom is -0.383 e. The van der Waals surface area contributed by atoms with Gasteiger partial charge < -0.3 is 9.84 Å². The van der Waals surface area contributed by atoms with Crippen molar-refractivity contribution in [2.24, 2.45) is 0 Å². The summed E-state index contributed by atoms with van der Waals surface area (Å²) in [7, 11) is 0. The number of nitrogens with zero attached hydrogens (tertiary/aromatic N) is 3. The Morgan fingerprint density at radius 3 is 2.83 bits per heavy atom. The molecule has 1 N–H and O–H groups in total. The van der Waals surface area contributed by atoms with Crippen LogP contribution in [0.2, 0.25) is 0 Å². The van der Waals surface area contributed by atoms with Gasteiger partial charge in [0.15, 0.2) is 0 Å². The van der Waals surface area contributed by atoms with Gasteiger partial charge >= 0.3 is 0 Å². The van der Waals surface area contributed by atoms with Crippen molar-refractivity contribution < 1.29 is 9.84 Å². The fraction of sp³-hybridized carbons (Fsp3) is 0.538. The van der Waals surface area contributed by atoms with Crippen molar-refractivity contribution in [1.82, 2.24) is 14.4 Å². The van der Waals surface area contributed by atoms with Gasteiger partial charge in [-0.3, -0.25) is 4.40 Å². The van der Waals surface area contributed by atoms with Crippen LogP contribution in [-0.4, -0.2) is 31.7 Å². The molecular formula is C13H15N3O2. The highest BCUT2D eigenvalue weighted by molar-refractivity contribution is 5.33. The van der Waals surface area contributed by atoms with E-state index < -0.39 is 5.60 Å². The average Bonchev–Trinajstić information content (AvgIpc) is 2.93. The number of imidazole rings is 1. The molecule has 2 bridgehead atoms. The molecule has 2 aromatic heterocycles. The van der Waals surface area contributed by atoms with Crippen molar-refractivity contribution in [3.8, 4) is 0 Å². The van der Waals surface area contributed by atoms with E-state index in [0.29, 0.717) is 18.6 Å². The lowest BCUT2D eigenvalue weighted by atomic mass is 9.87. The number of fused-ring (bicyclic) bond motifs is 3. The number of aromatic nitrogens is 3. The second-order valence-corrected chi connectivity index (χ2v) is 5.33. The van der Waals surface area contributed by atoms with Gasteiger partial charge in [-0.1, -0.05) is 0 Å². The number of hydrogen-bond donors (Lipinski definition) is 1. The zero-order valence-corrected chi connectivity index (χ0v) is 9.99. The van der Waals surface area contributed by atoms with E-state index in [-0.39, 0.29) is 12.2 Å². The minimum absolute atomic E-state index is 0.191. The van der Waals surface area contributed by atoms with E-state index in [1.807, 2.05) is 16.7 Å². The van der Waals surface area contributed by atoms with Gasteiger partial charge in [-0.2, -0.15) is 0 Å². The summed E-state index contributed by atoms with van der Waals surface area (Å²) in [5.41, 5.74) is 0.0119. The molecule has 0 saturated carbocycles. The van der Waals surface area contributed by atoms with E-state index in [0.717, 1.165) is 18.5 Å². The molecule has 4 heterocycles. The van der Waals surface area contributed by atoms with Crippen LogP contribution in [0.3, 0.4) is 0 Å². The molecule has 2 fully saturated rings. The Morgan fingerprint density at radius 1 is 1.28 bits per heavy atom. The molecule has 2 aromatic rings. The van der Waals surface area contributed by atoms with Crippen molar-refractivity contribution >= 4 is 5.78 Å². The van der Waals surface area contributed by atoms with Crippen LogP contribution in [0, 0.1) is 0 Å². The van der Waals surface area contributed by atoms with E-state index in [1.165, 1.54) is 0 Å². The quantitative estimate of drug-likeness (QED) is 0.821. The van der Waals surface area contributed by atoms with Crippen LogP contribution in [-0.2, 0) is 10.3 Å². The summed E-state index contributed by atoms with van der Waals surface area (Å²) in [6.45, 7) is 0. The monoisotopic (exact) mass is 245 g/mol. The van der Waals surface area contributed by atoms with Gasteiger partial charge in [-0.25, -0.2) is 9.97 Å². The van der Waals surface area contributed by atoms with Crippen molar-refractivity contribution in [3.63, 3.8) is 0 Å². The van der Waals surface area contributed by atoms with Crippen molar-refractivity contribution in [2.45, 2.75) is 43.5 Å². The highest BCUT2D eigenvalue weighted by Gasteiger charge is 2.46. The van der Waals surface area contributed by atoms with Gasteiger partial charge in [-0.15, -0.1) is 0 Å². The summed E-state index contributed by atoms with van der Waals surface area (Å²) in [4.78, 5) is 8.45. The Kier molecular flexibility index (Phi) is 2.05. The zero-order chi connectivity index (χ0) is 12.2. The van der Waals surface area contributed by atoms with Crippen LogP contribution in [0.4, 0.5) is 0 Å². The topological polar surface area (TPSA) is 59.7 Å². The molecule has 0 spiro atoms. The standard InChI is InChI=1S/C13H15N3O2/c17-13(6-9-2-3-10(7-13)18-9)11-8-15-12-14-4-1-5-16(11)12/h1,4-5,8-10,17H,2-3,6-7H2. The molecule has 2 aliphatic rings. The Hall–Kier alpha value is -1.46. The molecule has 2 unspecified atom stereocenters. The average molecular weight is 245 g/mol. The highest BCUT2D eigenvalue weighted by atomic mass is 16.5. The molecule has 2 aliphatic heterocycles. The summed E-state index contributed by atoms with van der Waals surface area (Å²) < 4.78 is 7.68. The molecular weight excluding hydrogens is 230 g/mol. The summed E-state index contributed by atoms with van der Waals surface area (Å²) in [5.74, 6) is 0.639. The molecule has 4 rings (SSSR count). The highest BCUT2D eigenvalue weighted by Crippen LogP contribution is 2.43. The first-order valence-corrected chi connectivity index (χ1v) is 6.41. The van der Waals surface area contributed by atoms with Crippen LogP contribution >= 0.6 is 0 Å². The van der Waals surface area contributed by atoms with E-state index in [4.69, 9.17) is 4.74 Å². The smallest absolute Gasteiger partial charge is 0.233 e. The minimum atomic E-state index is -0.827. The Balaban J connectivity index is 1.82. The molecule has 0 aliphatic carbocycles. The van der Waals surface area contributed by atoms with Gasteiger partial charge in [0, 0.05) is 25.2 Å². The molecule has 94 valence electrons. The summed E-state index contributed by atoms with van der Waals surface area (Å²) in [6, 6.07) is 1.86. The first-order chi connectivity index (χ1) is 8.74. The molecule has 0 amide bonds. The van der Waals surface area contributed by atoms with Crippen molar-refractivity contribution in [2.75, 3.05) is 0 Å². The van der Waals surface area contributed by atoms with Crippen molar-refractivity contribution in [1.29, 1.82) is 0 Å². The van der Waals surface area contributed by atoms with E-state index >= 15 is 0 Å². The molecule has 18 heavy (non-hydrogen) atoms. The summed E-state index contributed by atoms with van der Waals surface area (Å²) in [5, 5.41) is 10.9. The molecule has 5 heteroatoms. The third-order valence-electron chi connectivity index (χ3n) is 4.09. The maximum atomic E-state index is 10.9. The number of ether oxygens (including phenoxy) is 1. The number of rotatable bonds is 1. The van der Waals surface area contributed by atoms with E-state index in [9.17, 15) is 5.11 Å². The van der Waals surface area contributed by atoms with E-state index in [2.05, 4.69) is 9.97 Å². The third-order valence-corrected chi connectivity index (χ3v) is 4.09. The first kappa shape index (κ1) is 10.5. The van der Waals surface area contributed by atoms with Crippen LogP contribution in [0.15, 0.2) is 24.7 Å². The molecule has 2 saturated heterocycles. The first-order valence-electron chi connectivity index (χ1n) is 6.41. The predicted molar refractivity (Wildman–Crippen MR) is 64.0 cm³/mol. The largest absolute Gasteiger partial charge is 0.383 e. The van der Waals surface area contributed by atoms with Crippen molar-refractivity contribution in [3.05, 3.63) is 30.4 Å². The second kappa shape index (κ2) is 3.52. The fourth-order valence-corrected chi connectivity index (χ4v) is 3.30. The van der Waals surface area contributed by atoms with Gasteiger partial charge in [-0.05, 0) is 18.9 Å². The third kappa shape index (κ3) is 1.41. The Morgan fingerprint density at radius 2 is 2.06 bits per heavy atom. The molecule has 0 aromatic carbocycles. The van der Waals surface area contributed by atoms with Gasteiger partial charge in [0.05, 0.1) is 24.1 Å². The molecule has 5 nitrogen and oxygen atoms in total. The summed E-state index contributed by atoms with van der Waals surface area (Å²) in [6.07, 6.45) is 9.17. The lowest BCUT2D eigenvalue weighted by molar-refractivity contribution is -0.117. The Labute approximate surface area is 104 Å². The number of aliphatic hydroxyl groups is 1. The lowest BCUT2D eigenvalue weighted by Gasteiger charge is -2.36. The molecule has 0 radical (unpaired) electrons. The van der Waals surface area contributed by atoms with Crippen LogP contribution < -0.4 is 0 Å². The maximum absolute atomic E-state index is 10.9.